The van der Waals surface area contributed by atoms with Crippen molar-refractivity contribution in [3.8, 4) is 0 Å². The van der Waals surface area contributed by atoms with Gasteiger partial charge in [0.2, 0.25) is 0 Å². The van der Waals surface area contributed by atoms with E-state index in [2.05, 4.69) is 0 Å². The quantitative estimate of drug-likeness (QED) is 0.757. The zero-order valence-corrected chi connectivity index (χ0v) is 8.57. The predicted molar refractivity (Wildman–Crippen MR) is 53.4 cm³/mol. The van der Waals surface area contributed by atoms with E-state index in [-0.39, 0.29) is 5.82 Å². The third-order valence-electron chi connectivity index (χ3n) is 1.74. The van der Waals surface area contributed by atoms with Crippen molar-refractivity contribution in [1.82, 2.24) is 0 Å². The second kappa shape index (κ2) is 4.63. The topological polar surface area (TPSA) is 20.2 Å². The zero-order valence-electron chi connectivity index (χ0n) is 7.75. The highest BCUT2D eigenvalue weighted by molar-refractivity contribution is 7.99. The predicted octanol–water partition coefficient (Wildman–Crippen LogP) is 2.99. The summed E-state index contributed by atoms with van der Waals surface area (Å²) in [5.41, 5.74) is 0.623. The molecule has 1 atom stereocenters. The van der Waals surface area contributed by atoms with Crippen LogP contribution in [0.15, 0.2) is 23.1 Å². The van der Waals surface area contributed by atoms with Crippen LogP contribution in [0.2, 0.25) is 0 Å². The second-order valence-corrected chi connectivity index (χ2v) is 4.10. The van der Waals surface area contributed by atoms with Crippen LogP contribution in [-0.2, 0) is 0 Å². The Hall–Kier alpha value is -0.540. The summed E-state index contributed by atoms with van der Waals surface area (Å²) >= 11 is 1.47. The molecule has 1 N–H and O–H groups in total. The average molecular weight is 200 g/mol. The third kappa shape index (κ3) is 2.71. The maximum absolute atomic E-state index is 13.3. The van der Waals surface area contributed by atoms with Gasteiger partial charge in [0, 0.05) is 4.90 Å². The molecule has 0 aliphatic rings. The Bertz CT molecular complexity index is 286. The van der Waals surface area contributed by atoms with Gasteiger partial charge in [-0.3, -0.25) is 0 Å². The molecule has 0 aliphatic carbocycles. The number of hydrogen-bond donors (Lipinski definition) is 1. The molecule has 3 heteroatoms. The first-order valence-corrected chi connectivity index (χ1v) is 5.24. The molecule has 0 amide bonds. The van der Waals surface area contributed by atoms with Crippen LogP contribution >= 0.6 is 11.8 Å². The van der Waals surface area contributed by atoms with E-state index in [1.807, 2.05) is 6.92 Å². The maximum Gasteiger partial charge on any atom is 0.137 e. The molecule has 0 radical (unpaired) electrons. The van der Waals surface area contributed by atoms with Crippen LogP contribution in [0.5, 0.6) is 0 Å². The first-order chi connectivity index (χ1) is 6.15. The molecule has 0 saturated carbocycles. The van der Waals surface area contributed by atoms with Crippen LogP contribution < -0.4 is 0 Å². The van der Waals surface area contributed by atoms with Gasteiger partial charge in [0.05, 0.1) is 6.10 Å². The fourth-order valence-electron chi connectivity index (χ4n) is 1.05. The van der Waals surface area contributed by atoms with E-state index in [0.717, 1.165) is 5.75 Å². The summed E-state index contributed by atoms with van der Waals surface area (Å²) in [7, 11) is 0. The molecule has 1 nitrogen and oxygen atoms in total. The molecule has 1 unspecified atom stereocenters. The second-order valence-electron chi connectivity index (χ2n) is 2.80. The SMILES string of the molecule is CCSc1ccc(C(C)O)cc1F. The summed E-state index contributed by atoms with van der Waals surface area (Å²) in [5, 5.41) is 9.20. The van der Waals surface area contributed by atoms with Crippen LogP contribution in [-0.4, -0.2) is 10.9 Å². The van der Waals surface area contributed by atoms with Crippen LogP contribution in [0.4, 0.5) is 4.39 Å². The van der Waals surface area contributed by atoms with Gasteiger partial charge in [0.1, 0.15) is 5.82 Å². The molecule has 0 aromatic heterocycles. The van der Waals surface area contributed by atoms with Gasteiger partial charge in [0.25, 0.3) is 0 Å². The summed E-state index contributed by atoms with van der Waals surface area (Å²) in [6, 6.07) is 4.86. The Labute approximate surface area is 82.0 Å². The highest BCUT2D eigenvalue weighted by Crippen LogP contribution is 2.24. The number of aliphatic hydroxyl groups is 1. The van der Waals surface area contributed by atoms with Crippen molar-refractivity contribution in [1.29, 1.82) is 0 Å². The minimum Gasteiger partial charge on any atom is -0.389 e. The summed E-state index contributed by atoms with van der Waals surface area (Å²) in [6.07, 6.45) is -0.602. The number of rotatable bonds is 3. The normalized spacial score (nSPS) is 12.9. The molecule has 0 fully saturated rings. The number of hydrogen-bond acceptors (Lipinski definition) is 2. The van der Waals surface area contributed by atoms with Gasteiger partial charge in [-0.1, -0.05) is 13.0 Å². The molecular formula is C10H13FOS. The lowest BCUT2D eigenvalue weighted by molar-refractivity contribution is 0.198. The van der Waals surface area contributed by atoms with Crippen molar-refractivity contribution in [2.45, 2.75) is 24.8 Å². The van der Waals surface area contributed by atoms with Crippen molar-refractivity contribution in [2.75, 3.05) is 5.75 Å². The van der Waals surface area contributed by atoms with Crippen LogP contribution in [0.25, 0.3) is 0 Å². The first-order valence-electron chi connectivity index (χ1n) is 4.25. The van der Waals surface area contributed by atoms with Crippen molar-refractivity contribution >= 4 is 11.8 Å². The number of aliphatic hydroxyl groups excluding tert-OH is 1. The Morgan fingerprint density at radius 2 is 2.23 bits per heavy atom. The van der Waals surface area contributed by atoms with E-state index in [0.29, 0.717) is 10.5 Å². The van der Waals surface area contributed by atoms with Crippen LogP contribution in [0.1, 0.15) is 25.5 Å². The average Bonchev–Trinajstić information content (AvgIpc) is 2.08. The van der Waals surface area contributed by atoms with Gasteiger partial charge in [-0.2, -0.15) is 0 Å². The lowest BCUT2D eigenvalue weighted by Crippen LogP contribution is -1.92. The van der Waals surface area contributed by atoms with Crippen LogP contribution in [0, 0.1) is 5.82 Å². The van der Waals surface area contributed by atoms with E-state index in [4.69, 9.17) is 0 Å². The molecule has 13 heavy (non-hydrogen) atoms. The summed E-state index contributed by atoms with van der Waals surface area (Å²) < 4.78 is 13.3. The van der Waals surface area contributed by atoms with Gasteiger partial charge in [-0.05, 0) is 30.4 Å². The Balaban J connectivity index is 2.92. The standard InChI is InChI=1S/C10H13FOS/c1-3-13-10-5-4-8(7(2)12)6-9(10)11/h4-7,12H,3H2,1-2H3. The fraction of sp³-hybridized carbons (Fsp3) is 0.400. The molecular weight excluding hydrogens is 187 g/mol. The molecule has 72 valence electrons. The van der Waals surface area contributed by atoms with Gasteiger partial charge in [-0.25, -0.2) is 4.39 Å². The number of benzene rings is 1. The Morgan fingerprint density at radius 3 is 2.69 bits per heavy atom. The summed E-state index contributed by atoms with van der Waals surface area (Å²) in [4.78, 5) is 0.645. The van der Waals surface area contributed by atoms with Gasteiger partial charge in [0.15, 0.2) is 0 Å². The minimum absolute atomic E-state index is 0.245. The number of halogens is 1. The van der Waals surface area contributed by atoms with E-state index < -0.39 is 6.10 Å². The maximum atomic E-state index is 13.3. The van der Waals surface area contributed by atoms with Gasteiger partial charge < -0.3 is 5.11 Å². The lowest BCUT2D eigenvalue weighted by atomic mass is 10.1. The summed E-state index contributed by atoms with van der Waals surface area (Å²) in [5.74, 6) is 0.607. The zero-order chi connectivity index (χ0) is 9.84. The first kappa shape index (κ1) is 10.5. The van der Waals surface area contributed by atoms with E-state index in [1.165, 1.54) is 17.8 Å². The molecule has 0 aliphatic heterocycles. The lowest BCUT2D eigenvalue weighted by Gasteiger charge is -2.06. The smallest absolute Gasteiger partial charge is 0.137 e. The molecule has 1 aromatic carbocycles. The fourth-order valence-corrected chi connectivity index (χ4v) is 1.72. The Morgan fingerprint density at radius 1 is 1.54 bits per heavy atom. The Kier molecular flexibility index (Phi) is 3.75. The third-order valence-corrected chi connectivity index (χ3v) is 2.67. The van der Waals surface area contributed by atoms with Crippen molar-refractivity contribution < 1.29 is 9.50 Å². The largest absolute Gasteiger partial charge is 0.389 e. The molecule has 1 rings (SSSR count). The molecule has 0 heterocycles. The van der Waals surface area contributed by atoms with Gasteiger partial charge >= 0.3 is 0 Å². The minimum atomic E-state index is -0.602. The number of thioether (sulfide) groups is 1. The van der Waals surface area contributed by atoms with E-state index in [9.17, 15) is 9.50 Å². The molecule has 0 bridgehead atoms. The van der Waals surface area contributed by atoms with E-state index >= 15 is 0 Å². The van der Waals surface area contributed by atoms with Crippen molar-refractivity contribution in [3.05, 3.63) is 29.6 Å². The molecule has 0 saturated heterocycles. The van der Waals surface area contributed by atoms with Gasteiger partial charge in [-0.15, -0.1) is 11.8 Å². The summed E-state index contributed by atoms with van der Waals surface area (Å²) in [6.45, 7) is 3.61. The van der Waals surface area contributed by atoms with Crippen molar-refractivity contribution in [3.63, 3.8) is 0 Å². The van der Waals surface area contributed by atoms with Crippen molar-refractivity contribution in [2.24, 2.45) is 0 Å². The molecule has 1 aromatic rings. The monoisotopic (exact) mass is 200 g/mol. The van der Waals surface area contributed by atoms with Crippen LogP contribution in [0.3, 0.4) is 0 Å². The highest BCUT2D eigenvalue weighted by Gasteiger charge is 2.06. The van der Waals surface area contributed by atoms with E-state index in [1.54, 1.807) is 19.1 Å². The highest BCUT2D eigenvalue weighted by atomic mass is 32.2. The molecule has 0 spiro atoms.